The molecule has 2 heterocycles. The van der Waals surface area contributed by atoms with E-state index in [1.54, 1.807) is 17.0 Å². The lowest BCUT2D eigenvalue weighted by Gasteiger charge is -2.26. The molecule has 2 aliphatic rings. The summed E-state index contributed by atoms with van der Waals surface area (Å²) in [4.78, 5) is 18.6. The highest BCUT2D eigenvalue weighted by atomic mass is 16.5. The van der Waals surface area contributed by atoms with Crippen molar-refractivity contribution >= 4 is 5.82 Å². The number of nitrogens with one attached hydrogen (secondary N) is 1. The van der Waals surface area contributed by atoms with Gasteiger partial charge in [-0.3, -0.25) is 9.69 Å². The minimum atomic E-state index is 0.00646. The largest absolute Gasteiger partial charge is 0.379 e. The van der Waals surface area contributed by atoms with Gasteiger partial charge in [0.2, 0.25) is 0 Å². The summed E-state index contributed by atoms with van der Waals surface area (Å²) in [5.41, 5.74) is 0.00646. The van der Waals surface area contributed by atoms with Crippen molar-refractivity contribution in [2.75, 3.05) is 44.7 Å². The Hall–Kier alpha value is -1.40. The lowest BCUT2D eigenvalue weighted by atomic mass is 10.4. The van der Waals surface area contributed by atoms with Crippen LogP contribution in [-0.4, -0.2) is 53.8 Å². The first kappa shape index (κ1) is 12.6. The third-order valence-electron chi connectivity index (χ3n) is 3.63. The number of aromatic nitrogens is 2. The van der Waals surface area contributed by atoms with Gasteiger partial charge in [-0.1, -0.05) is 0 Å². The molecule has 1 aliphatic carbocycles. The fourth-order valence-corrected chi connectivity index (χ4v) is 2.34. The van der Waals surface area contributed by atoms with Crippen molar-refractivity contribution in [3.8, 4) is 0 Å². The molecule has 0 unspecified atom stereocenters. The number of hydrogen-bond donors (Lipinski definition) is 1. The molecule has 0 radical (unpaired) electrons. The van der Waals surface area contributed by atoms with Crippen molar-refractivity contribution in [3.05, 3.63) is 22.7 Å². The van der Waals surface area contributed by atoms with E-state index in [1.165, 1.54) is 0 Å². The monoisotopic (exact) mass is 264 g/mol. The number of rotatable bonds is 5. The Morgan fingerprint density at radius 2 is 2.16 bits per heavy atom. The molecule has 0 spiro atoms. The molecule has 3 rings (SSSR count). The highest BCUT2D eigenvalue weighted by Gasteiger charge is 2.25. The molecule has 1 aliphatic heterocycles. The average Bonchev–Trinajstić information content (AvgIpc) is 3.26. The fraction of sp³-hybridized carbons (Fsp3) is 0.692. The summed E-state index contributed by atoms with van der Waals surface area (Å²) in [7, 11) is 0. The lowest BCUT2D eigenvalue weighted by Crippen LogP contribution is -2.39. The molecular weight excluding hydrogens is 244 g/mol. The van der Waals surface area contributed by atoms with Crippen molar-refractivity contribution in [3.63, 3.8) is 0 Å². The summed E-state index contributed by atoms with van der Waals surface area (Å²) in [5.74, 6) is 0.475. The summed E-state index contributed by atoms with van der Waals surface area (Å²) >= 11 is 0. The van der Waals surface area contributed by atoms with E-state index in [-0.39, 0.29) is 5.56 Å². The van der Waals surface area contributed by atoms with Crippen LogP contribution < -0.4 is 10.9 Å². The van der Waals surface area contributed by atoms with Crippen LogP contribution in [0.5, 0.6) is 0 Å². The van der Waals surface area contributed by atoms with Crippen LogP contribution >= 0.6 is 0 Å². The van der Waals surface area contributed by atoms with E-state index in [2.05, 4.69) is 15.2 Å². The topological polar surface area (TPSA) is 59.4 Å². The van der Waals surface area contributed by atoms with E-state index in [0.717, 1.165) is 52.2 Å². The SMILES string of the molecule is O=c1c(NCCN2CCOCC2)nccn1C1CC1. The molecule has 1 aromatic heterocycles. The fourth-order valence-electron chi connectivity index (χ4n) is 2.34. The number of hydrogen-bond acceptors (Lipinski definition) is 5. The Balaban J connectivity index is 1.54. The summed E-state index contributed by atoms with van der Waals surface area (Å²) < 4.78 is 7.10. The smallest absolute Gasteiger partial charge is 0.293 e. The highest BCUT2D eigenvalue weighted by Crippen LogP contribution is 2.33. The first-order chi connectivity index (χ1) is 9.34. The standard InChI is InChI=1S/C13H20N4O2/c18-13-12(15-4-6-17(13)11-1-2-11)14-3-5-16-7-9-19-10-8-16/h4,6,11H,1-3,5,7-10H2,(H,14,15). The van der Waals surface area contributed by atoms with Crippen LogP contribution in [0.4, 0.5) is 5.82 Å². The average molecular weight is 264 g/mol. The Kier molecular flexibility index (Phi) is 3.79. The van der Waals surface area contributed by atoms with E-state index >= 15 is 0 Å². The first-order valence-electron chi connectivity index (χ1n) is 6.96. The molecule has 1 saturated carbocycles. The van der Waals surface area contributed by atoms with Gasteiger partial charge in [0.15, 0.2) is 5.82 Å². The van der Waals surface area contributed by atoms with E-state index in [9.17, 15) is 4.79 Å². The van der Waals surface area contributed by atoms with Crippen LogP contribution in [0.2, 0.25) is 0 Å². The maximum Gasteiger partial charge on any atom is 0.293 e. The van der Waals surface area contributed by atoms with Crippen molar-refractivity contribution in [2.45, 2.75) is 18.9 Å². The predicted octanol–water partition coefficient (Wildman–Crippen LogP) is 0.322. The summed E-state index contributed by atoms with van der Waals surface area (Å²) in [6, 6.07) is 0.398. The van der Waals surface area contributed by atoms with Gasteiger partial charge in [-0.05, 0) is 12.8 Å². The van der Waals surface area contributed by atoms with Crippen LogP contribution in [-0.2, 0) is 4.74 Å². The molecule has 1 saturated heterocycles. The van der Waals surface area contributed by atoms with Crippen LogP contribution in [0, 0.1) is 0 Å². The summed E-state index contributed by atoms with van der Waals surface area (Å²) in [6.45, 7) is 5.21. The Labute approximate surface area is 112 Å². The van der Waals surface area contributed by atoms with E-state index in [4.69, 9.17) is 4.74 Å². The maximum absolute atomic E-state index is 12.1. The maximum atomic E-state index is 12.1. The van der Waals surface area contributed by atoms with E-state index in [1.807, 2.05) is 0 Å². The molecule has 0 bridgehead atoms. The molecule has 19 heavy (non-hydrogen) atoms. The van der Waals surface area contributed by atoms with Gasteiger partial charge in [-0.25, -0.2) is 4.98 Å². The molecule has 0 aromatic carbocycles. The Bertz CT molecular complexity index is 478. The number of morpholine rings is 1. The quantitative estimate of drug-likeness (QED) is 0.830. The van der Waals surface area contributed by atoms with Crippen LogP contribution in [0.3, 0.4) is 0 Å². The Morgan fingerprint density at radius 3 is 2.89 bits per heavy atom. The highest BCUT2D eigenvalue weighted by molar-refractivity contribution is 5.31. The van der Waals surface area contributed by atoms with Crippen LogP contribution in [0.1, 0.15) is 18.9 Å². The van der Waals surface area contributed by atoms with Crippen molar-refractivity contribution in [2.24, 2.45) is 0 Å². The van der Waals surface area contributed by atoms with E-state index in [0.29, 0.717) is 11.9 Å². The molecule has 6 heteroatoms. The van der Waals surface area contributed by atoms with Crippen LogP contribution in [0.25, 0.3) is 0 Å². The molecule has 104 valence electrons. The van der Waals surface area contributed by atoms with Crippen molar-refractivity contribution < 1.29 is 4.74 Å². The van der Waals surface area contributed by atoms with Crippen molar-refractivity contribution in [1.82, 2.24) is 14.5 Å². The van der Waals surface area contributed by atoms with Gasteiger partial charge in [0.25, 0.3) is 5.56 Å². The Morgan fingerprint density at radius 1 is 1.37 bits per heavy atom. The van der Waals surface area contributed by atoms with Crippen LogP contribution in [0.15, 0.2) is 17.2 Å². The normalized spacial score (nSPS) is 20.4. The van der Waals surface area contributed by atoms with Gasteiger partial charge in [-0.2, -0.15) is 0 Å². The zero-order chi connectivity index (χ0) is 13.1. The summed E-state index contributed by atoms with van der Waals surface area (Å²) in [5, 5.41) is 3.16. The van der Waals surface area contributed by atoms with Gasteiger partial charge < -0.3 is 14.6 Å². The molecule has 0 amide bonds. The van der Waals surface area contributed by atoms with Crippen molar-refractivity contribution in [1.29, 1.82) is 0 Å². The van der Waals surface area contributed by atoms with Gasteiger partial charge in [0, 0.05) is 44.6 Å². The van der Waals surface area contributed by atoms with Gasteiger partial charge in [-0.15, -0.1) is 0 Å². The number of ether oxygens (including phenoxy) is 1. The number of anilines is 1. The number of nitrogens with zero attached hydrogens (tertiary/aromatic N) is 3. The third-order valence-corrected chi connectivity index (χ3v) is 3.63. The van der Waals surface area contributed by atoms with E-state index < -0.39 is 0 Å². The first-order valence-corrected chi connectivity index (χ1v) is 6.96. The molecule has 0 atom stereocenters. The van der Waals surface area contributed by atoms with Gasteiger partial charge in [0.1, 0.15) is 0 Å². The zero-order valence-electron chi connectivity index (χ0n) is 11.0. The minimum absolute atomic E-state index is 0.00646. The second kappa shape index (κ2) is 5.71. The predicted molar refractivity (Wildman–Crippen MR) is 72.5 cm³/mol. The minimum Gasteiger partial charge on any atom is -0.379 e. The molecular formula is C13H20N4O2. The lowest BCUT2D eigenvalue weighted by molar-refractivity contribution is 0.0398. The summed E-state index contributed by atoms with van der Waals surface area (Å²) in [6.07, 6.45) is 5.71. The van der Waals surface area contributed by atoms with Gasteiger partial charge >= 0.3 is 0 Å². The molecule has 1 aromatic rings. The second-order valence-electron chi connectivity index (χ2n) is 5.10. The second-order valence-corrected chi connectivity index (χ2v) is 5.10. The molecule has 6 nitrogen and oxygen atoms in total. The zero-order valence-corrected chi connectivity index (χ0v) is 11.0. The molecule has 2 fully saturated rings. The van der Waals surface area contributed by atoms with Gasteiger partial charge in [0.05, 0.1) is 13.2 Å². The third kappa shape index (κ3) is 3.13. The molecule has 1 N–H and O–H groups in total.